The van der Waals surface area contributed by atoms with E-state index in [0.717, 1.165) is 22.0 Å². The molecule has 0 spiro atoms. The molecule has 0 amide bonds. The molecule has 3 heteroatoms. The van der Waals surface area contributed by atoms with Gasteiger partial charge in [0.25, 0.3) is 0 Å². The summed E-state index contributed by atoms with van der Waals surface area (Å²) in [5, 5.41) is 4.07. The molecule has 0 radical (unpaired) electrons. The highest BCUT2D eigenvalue weighted by Gasteiger charge is 2.02. The third-order valence-electron chi connectivity index (χ3n) is 2.21. The monoisotopic (exact) mass is 243 g/mol. The molecule has 0 aliphatic heterocycles. The lowest BCUT2D eigenvalue weighted by Gasteiger charge is -2.13. The molecule has 0 aliphatic carbocycles. The Hall–Kier alpha value is -0.660. The molecule has 0 aromatic heterocycles. The van der Waals surface area contributed by atoms with Gasteiger partial charge in [-0.1, -0.05) is 17.2 Å². The van der Waals surface area contributed by atoms with E-state index in [1.165, 1.54) is 5.57 Å². The molecular weight excluding hydrogens is 229 g/mol. The Balaban J connectivity index is 2.94. The smallest absolute Gasteiger partial charge is 0.0624 e. The van der Waals surface area contributed by atoms with Crippen molar-refractivity contribution in [3.63, 3.8) is 0 Å². The fourth-order valence-corrected chi connectivity index (χ4v) is 1.78. The Morgan fingerprint density at radius 3 is 2.47 bits per heavy atom. The number of alkyl halides is 1. The lowest BCUT2D eigenvalue weighted by molar-refractivity contribution is 1.23. The van der Waals surface area contributed by atoms with Crippen LogP contribution in [0.4, 0.5) is 5.69 Å². The highest BCUT2D eigenvalue weighted by molar-refractivity contribution is 6.30. The summed E-state index contributed by atoms with van der Waals surface area (Å²) in [6.45, 7) is 6.09. The molecule has 1 aromatic carbocycles. The number of hydrogen-bond donors (Lipinski definition) is 1. The maximum Gasteiger partial charge on any atom is 0.0624 e. The van der Waals surface area contributed by atoms with Crippen LogP contribution in [0.2, 0.25) is 5.02 Å². The van der Waals surface area contributed by atoms with Crippen molar-refractivity contribution in [2.75, 3.05) is 11.2 Å². The number of aryl methyl sites for hydroxylation is 1. The topological polar surface area (TPSA) is 12.0 Å². The minimum Gasteiger partial charge on any atom is -0.358 e. The van der Waals surface area contributed by atoms with Crippen LogP contribution in [-0.4, -0.2) is 5.88 Å². The molecule has 1 N–H and O–H groups in total. The van der Waals surface area contributed by atoms with Gasteiger partial charge in [0.15, 0.2) is 0 Å². The third-order valence-corrected chi connectivity index (χ3v) is 2.71. The van der Waals surface area contributed by atoms with Crippen LogP contribution in [0.3, 0.4) is 0 Å². The number of allylic oxidation sites excluding steroid dienone is 2. The maximum atomic E-state index is 5.88. The molecule has 1 aromatic rings. The van der Waals surface area contributed by atoms with Crippen molar-refractivity contribution < 1.29 is 0 Å². The fraction of sp³-hybridized carbons (Fsp3) is 0.333. The molecule has 1 nitrogen and oxygen atoms in total. The quantitative estimate of drug-likeness (QED) is 0.766. The van der Waals surface area contributed by atoms with Crippen molar-refractivity contribution in [1.82, 2.24) is 0 Å². The van der Waals surface area contributed by atoms with Gasteiger partial charge in [0.1, 0.15) is 0 Å². The highest BCUT2D eigenvalue weighted by atomic mass is 35.5. The molecule has 0 fully saturated rings. The SMILES string of the molecule is CC(C)=C(CCl)Nc1ccc(Cl)cc1C. The van der Waals surface area contributed by atoms with E-state index >= 15 is 0 Å². The van der Waals surface area contributed by atoms with Crippen LogP contribution in [0.1, 0.15) is 19.4 Å². The first-order valence-corrected chi connectivity index (χ1v) is 5.71. The zero-order valence-corrected chi connectivity index (χ0v) is 10.7. The lowest BCUT2D eigenvalue weighted by Crippen LogP contribution is -2.04. The van der Waals surface area contributed by atoms with Crippen molar-refractivity contribution in [1.29, 1.82) is 0 Å². The van der Waals surface area contributed by atoms with Crippen molar-refractivity contribution in [2.24, 2.45) is 0 Å². The van der Waals surface area contributed by atoms with Crippen molar-refractivity contribution in [2.45, 2.75) is 20.8 Å². The average Bonchev–Trinajstić information content (AvgIpc) is 2.16. The summed E-state index contributed by atoms with van der Waals surface area (Å²) in [6, 6.07) is 5.77. The number of nitrogens with one attached hydrogen (secondary N) is 1. The second kappa shape index (κ2) is 5.43. The molecular formula is C12H15Cl2N. The van der Waals surface area contributed by atoms with Gasteiger partial charge in [-0.15, -0.1) is 11.6 Å². The molecule has 0 saturated heterocycles. The molecule has 0 bridgehead atoms. The summed E-state index contributed by atoms with van der Waals surface area (Å²) in [4.78, 5) is 0. The minimum atomic E-state index is 0.490. The van der Waals surface area contributed by atoms with E-state index in [1.54, 1.807) is 0 Å². The molecule has 82 valence electrons. The van der Waals surface area contributed by atoms with Gasteiger partial charge in [0, 0.05) is 16.4 Å². The Labute approximate surface area is 101 Å². The molecule has 0 saturated carbocycles. The van der Waals surface area contributed by atoms with Crippen LogP contribution in [0.25, 0.3) is 0 Å². The van der Waals surface area contributed by atoms with Crippen molar-refractivity contribution in [3.8, 4) is 0 Å². The van der Waals surface area contributed by atoms with E-state index in [9.17, 15) is 0 Å². The summed E-state index contributed by atoms with van der Waals surface area (Å²) in [6.07, 6.45) is 0. The van der Waals surface area contributed by atoms with Gasteiger partial charge in [0.2, 0.25) is 0 Å². The predicted molar refractivity (Wildman–Crippen MR) is 68.9 cm³/mol. The highest BCUT2D eigenvalue weighted by Crippen LogP contribution is 2.22. The Morgan fingerprint density at radius 1 is 1.33 bits per heavy atom. The van der Waals surface area contributed by atoms with E-state index in [2.05, 4.69) is 5.32 Å². The Kier molecular flexibility index (Phi) is 4.49. The molecule has 0 aliphatic rings. The summed E-state index contributed by atoms with van der Waals surface area (Å²) >= 11 is 11.7. The van der Waals surface area contributed by atoms with Crippen molar-refractivity contribution >= 4 is 28.9 Å². The summed E-state index contributed by atoms with van der Waals surface area (Å²) in [5.74, 6) is 0.490. The number of benzene rings is 1. The molecule has 0 atom stereocenters. The number of hydrogen-bond acceptors (Lipinski definition) is 1. The zero-order valence-electron chi connectivity index (χ0n) is 9.20. The summed E-state index contributed by atoms with van der Waals surface area (Å²) in [5.41, 5.74) is 4.41. The zero-order chi connectivity index (χ0) is 11.4. The van der Waals surface area contributed by atoms with E-state index in [0.29, 0.717) is 5.88 Å². The Morgan fingerprint density at radius 2 is 2.00 bits per heavy atom. The largest absolute Gasteiger partial charge is 0.358 e. The summed E-state index contributed by atoms with van der Waals surface area (Å²) in [7, 11) is 0. The van der Waals surface area contributed by atoms with Gasteiger partial charge in [-0.05, 0) is 44.5 Å². The normalized spacial score (nSPS) is 9.93. The second-order valence-corrected chi connectivity index (χ2v) is 4.40. The predicted octanol–water partition coefficient (Wildman–Crippen LogP) is 4.59. The van der Waals surface area contributed by atoms with Crippen LogP contribution in [0.15, 0.2) is 29.5 Å². The molecule has 0 heterocycles. The Bertz CT molecular complexity index is 379. The number of rotatable bonds is 3. The standard InChI is InChI=1S/C12H15Cl2N/c1-8(2)12(7-13)15-11-5-4-10(14)6-9(11)3/h4-6,15H,7H2,1-3H3. The van der Waals surface area contributed by atoms with Crippen LogP contribution < -0.4 is 5.32 Å². The second-order valence-electron chi connectivity index (χ2n) is 3.70. The maximum absolute atomic E-state index is 5.88. The van der Waals surface area contributed by atoms with Crippen LogP contribution in [0, 0.1) is 6.92 Å². The fourth-order valence-electron chi connectivity index (χ4n) is 1.22. The van der Waals surface area contributed by atoms with Gasteiger partial charge >= 0.3 is 0 Å². The third kappa shape index (κ3) is 3.44. The molecule has 1 rings (SSSR count). The van der Waals surface area contributed by atoms with Crippen LogP contribution >= 0.6 is 23.2 Å². The van der Waals surface area contributed by atoms with Crippen LogP contribution in [0.5, 0.6) is 0 Å². The van der Waals surface area contributed by atoms with E-state index in [4.69, 9.17) is 23.2 Å². The van der Waals surface area contributed by atoms with E-state index < -0.39 is 0 Å². The van der Waals surface area contributed by atoms with E-state index in [1.807, 2.05) is 39.0 Å². The minimum absolute atomic E-state index is 0.490. The van der Waals surface area contributed by atoms with Crippen molar-refractivity contribution in [3.05, 3.63) is 40.1 Å². The first kappa shape index (κ1) is 12.4. The number of anilines is 1. The molecule has 0 unspecified atom stereocenters. The summed E-state index contributed by atoms with van der Waals surface area (Å²) < 4.78 is 0. The first-order valence-electron chi connectivity index (χ1n) is 4.80. The van der Waals surface area contributed by atoms with Gasteiger partial charge in [-0.3, -0.25) is 0 Å². The van der Waals surface area contributed by atoms with Gasteiger partial charge < -0.3 is 5.32 Å². The first-order chi connectivity index (χ1) is 7.04. The number of halogens is 2. The van der Waals surface area contributed by atoms with Crippen LogP contribution in [-0.2, 0) is 0 Å². The van der Waals surface area contributed by atoms with E-state index in [-0.39, 0.29) is 0 Å². The van der Waals surface area contributed by atoms with Gasteiger partial charge in [-0.2, -0.15) is 0 Å². The van der Waals surface area contributed by atoms with Gasteiger partial charge in [0.05, 0.1) is 5.88 Å². The average molecular weight is 244 g/mol. The van der Waals surface area contributed by atoms with Gasteiger partial charge in [-0.25, -0.2) is 0 Å². The lowest BCUT2D eigenvalue weighted by atomic mass is 10.2. The molecule has 15 heavy (non-hydrogen) atoms.